The number of nitrogens with two attached hydrogens (primary N) is 1. The summed E-state index contributed by atoms with van der Waals surface area (Å²) in [6.45, 7) is 3.89. The second-order valence-corrected chi connectivity index (χ2v) is 11.7. The van der Waals surface area contributed by atoms with Crippen LogP contribution in [0.3, 0.4) is 0 Å². The standard InChI is InChI=1S/C30H40F2N10O3/c1-40-12-14-41(15-13-40)21-5-10-42(11-6-21)23-3-2-20(18-24(23)45-30(31)32)36-29-26(27(33)43)37-25(22-4-9-34-39-22)28(38-29)35-19-7-16-44-17-8-19/h2-4,9,18-19,21,30H,5-8,10-17H2,1H3,(H2,33,43)(H,34,39)(H2,35,36,38). The molecule has 0 aliphatic carbocycles. The normalized spacial score (nSPS) is 19.2. The highest BCUT2D eigenvalue weighted by molar-refractivity contribution is 5.97. The van der Waals surface area contributed by atoms with Gasteiger partial charge < -0.3 is 35.6 Å². The Morgan fingerprint density at radius 2 is 1.80 bits per heavy atom. The molecule has 5 N–H and O–H groups in total. The number of nitrogens with zero attached hydrogens (tertiary/aromatic N) is 6. The number of nitrogens with one attached hydrogen (secondary N) is 3. The number of piperazine rings is 1. The van der Waals surface area contributed by atoms with Crippen LogP contribution in [-0.2, 0) is 4.74 Å². The fourth-order valence-electron chi connectivity index (χ4n) is 6.24. The van der Waals surface area contributed by atoms with E-state index in [9.17, 15) is 13.6 Å². The van der Waals surface area contributed by atoms with E-state index in [2.05, 4.69) is 47.6 Å². The van der Waals surface area contributed by atoms with Gasteiger partial charge in [0, 0.05) is 82.5 Å². The van der Waals surface area contributed by atoms with Crippen LogP contribution < -0.4 is 26.0 Å². The minimum atomic E-state index is -3.01. The number of hydrogen-bond donors (Lipinski definition) is 4. The van der Waals surface area contributed by atoms with Crippen LogP contribution in [0.2, 0.25) is 0 Å². The zero-order valence-electron chi connectivity index (χ0n) is 25.3. The first-order valence-electron chi connectivity index (χ1n) is 15.4. The first kappa shape index (κ1) is 30.9. The summed E-state index contributed by atoms with van der Waals surface area (Å²) in [5, 5.41) is 13.5. The molecule has 0 atom stereocenters. The van der Waals surface area contributed by atoms with Crippen molar-refractivity contribution in [1.29, 1.82) is 0 Å². The smallest absolute Gasteiger partial charge is 0.387 e. The lowest BCUT2D eigenvalue weighted by molar-refractivity contribution is -0.0495. The Morgan fingerprint density at radius 3 is 2.47 bits per heavy atom. The van der Waals surface area contributed by atoms with Gasteiger partial charge in [-0.05, 0) is 50.9 Å². The lowest BCUT2D eigenvalue weighted by Crippen LogP contribution is -2.52. The Balaban J connectivity index is 1.25. The number of hydrogen-bond acceptors (Lipinski definition) is 11. The molecule has 0 unspecified atom stereocenters. The average molecular weight is 627 g/mol. The molecule has 3 aliphatic rings. The summed E-state index contributed by atoms with van der Waals surface area (Å²) in [6, 6.07) is 7.27. The Morgan fingerprint density at radius 1 is 1.04 bits per heavy atom. The summed E-state index contributed by atoms with van der Waals surface area (Å²) < 4.78 is 37.7. The van der Waals surface area contributed by atoms with E-state index in [1.807, 2.05) is 0 Å². The lowest BCUT2D eigenvalue weighted by atomic mass is 10.0. The van der Waals surface area contributed by atoms with Gasteiger partial charge in [-0.3, -0.25) is 14.8 Å². The quantitative estimate of drug-likeness (QED) is 0.263. The third-order valence-electron chi connectivity index (χ3n) is 8.73. The lowest BCUT2D eigenvalue weighted by Gasteiger charge is -2.42. The van der Waals surface area contributed by atoms with Crippen molar-refractivity contribution in [3.8, 4) is 17.1 Å². The highest BCUT2D eigenvalue weighted by Crippen LogP contribution is 2.37. The Hall–Kier alpha value is -4.08. The number of amides is 1. The summed E-state index contributed by atoms with van der Waals surface area (Å²) in [7, 11) is 2.14. The van der Waals surface area contributed by atoms with E-state index in [0.717, 1.165) is 65.0 Å². The number of carbonyl (C=O) groups excluding carboxylic acids is 1. The number of alkyl halides is 2. The number of likely N-dealkylation sites (N-methyl/N-ethyl adjacent to an activating group) is 1. The largest absolute Gasteiger partial charge is 0.433 e. The molecule has 3 aliphatic heterocycles. The van der Waals surface area contributed by atoms with Gasteiger partial charge in [0.2, 0.25) is 0 Å². The highest BCUT2D eigenvalue weighted by atomic mass is 19.3. The van der Waals surface area contributed by atoms with Crippen molar-refractivity contribution < 1.29 is 23.0 Å². The van der Waals surface area contributed by atoms with Crippen LogP contribution in [0.25, 0.3) is 11.4 Å². The molecule has 0 spiro atoms. The molecule has 242 valence electrons. The predicted molar refractivity (Wildman–Crippen MR) is 166 cm³/mol. The van der Waals surface area contributed by atoms with Crippen molar-refractivity contribution >= 4 is 28.9 Å². The SMILES string of the molecule is CN1CCN(C2CCN(c3ccc(Nc4nc(NC5CCOCC5)c(-c5cc[nH]n5)nc4C(N)=O)cc3OC(F)F)CC2)CC1. The van der Waals surface area contributed by atoms with Crippen molar-refractivity contribution in [3.63, 3.8) is 0 Å². The molecule has 13 nitrogen and oxygen atoms in total. The molecule has 0 radical (unpaired) electrons. The van der Waals surface area contributed by atoms with Gasteiger partial charge in [0.05, 0.1) is 5.69 Å². The van der Waals surface area contributed by atoms with Gasteiger partial charge in [0.25, 0.3) is 5.91 Å². The highest BCUT2D eigenvalue weighted by Gasteiger charge is 2.29. The molecule has 6 rings (SSSR count). The number of benzene rings is 1. The minimum Gasteiger partial charge on any atom is -0.433 e. The molecule has 2 aromatic heterocycles. The van der Waals surface area contributed by atoms with Gasteiger partial charge in [0.15, 0.2) is 23.1 Å². The maximum Gasteiger partial charge on any atom is 0.387 e. The van der Waals surface area contributed by atoms with Crippen LogP contribution >= 0.6 is 0 Å². The summed E-state index contributed by atoms with van der Waals surface area (Å²) in [6.07, 6.45) is 5.07. The monoisotopic (exact) mass is 626 g/mol. The maximum absolute atomic E-state index is 13.6. The van der Waals surface area contributed by atoms with Crippen molar-refractivity contribution in [3.05, 3.63) is 36.2 Å². The molecule has 1 amide bonds. The van der Waals surface area contributed by atoms with Gasteiger partial charge in [-0.15, -0.1) is 0 Å². The van der Waals surface area contributed by atoms with Gasteiger partial charge in [-0.2, -0.15) is 13.9 Å². The van der Waals surface area contributed by atoms with E-state index in [0.29, 0.717) is 47.8 Å². The number of piperidine rings is 1. The summed E-state index contributed by atoms with van der Waals surface area (Å²) >= 11 is 0. The topological polar surface area (TPSA) is 150 Å². The van der Waals surface area contributed by atoms with Gasteiger partial charge in [-0.1, -0.05) is 0 Å². The Bertz CT molecular complexity index is 1440. The van der Waals surface area contributed by atoms with Crippen LogP contribution in [0.1, 0.15) is 36.2 Å². The third-order valence-corrected chi connectivity index (χ3v) is 8.73. The van der Waals surface area contributed by atoms with E-state index in [1.165, 1.54) is 6.07 Å². The molecule has 0 bridgehead atoms. The maximum atomic E-state index is 13.6. The molecular formula is C30H40F2N10O3. The molecule has 5 heterocycles. The molecule has 45 heavy (non-hydrogen) atoms. The van der Waals surface area contributed by atoms with Crippen molar-refractivity contribution in [1.82, 2.24) is 30.0 Å². The Labute approximate surface area is 260 Å². The summed E-state index contributed by atoms with van der Waals surface area (Å²) in [5.74, 6) is -0.274. The van der Waals surface area contributed by atoms with E-state index >= 15 is 0 Å². The van der Waals surface area contributed by atoms with E-state index in [1.54, 1.807) is 24.4 Å². The number of aromatic amines is 1. The fourth-order valence-corrected chi connectivity index (χ4v) is 6.24. The number of aromatic nitrogens is 4. The van der Waals surface area contributed by atoms with E-state index in [4.69, 9.17) is 20.2 Å². The zero-order valence-corrected chi connectivity index (χ0v) is 25.3. The number of ether oxygens (including phenoxy) is 2. The molecule has 3 aromatic rings. The summed E-state index contributed by atoms with van der Waals surface area (Å²) in [4.78, 5) is 28.8. The van der Waals surface area contributed by atoms with Crippen LogP contribution in [0.15, 0.2) is 30.5 Å². The van der Waals surface area contributed by atoms with Crippen LogP contribution in [0, 0.1) is 0 Å². The van der Waals surface area contributed by atoms with Crippen molar-refractivity contribution in [2.24, 2.45) is 5.73 Å². The van der Waals surface area contributed by atoms with E-state index < -0.39 is 12.5 Å². The Kier molecular flexibility index (Phi) is 9.56. The number of rotatable bonds is 10. The molecule has 15 heteroatoms. The molecular weight excluding hydrogens is 586 g/mol. The number of H-pyrrole nitrogens is 1. The number of primary amides is 1. The average Bonchev–Trinajstić information content (AvgIpc) is 3.57. The number of carbonyl (C=O) groups is 1. The first-order valence-corrected chi connectivity index (χ1v) is 15.4. The molecule has 3 fully saturated rings. The fraction of sp³-hybridized carbons (Fsp3) is 0.533. The first-order chi connectivity index (χ1) is 21.8. The van der Waals surface area contributed by atoms with Crippen LogP contribution in [0.4, 0.5) is 31.8 Å². The molecule has 3 saturated heterocycles. The van der Waals surface area contributed by atoms with Crippen LogP contribution in [0.5, 0.6) is 5.75 Å². The van der Waals surface area contributed by atoms with Gasteiger partial charge >= 0.3 is 6.61 Å². The zero-order chi connectivity index (χ0) is 31.3. The molecule has 1 aromatic carbocycles. The summed E-state index contributed by atoms with van der Waals surface area (Å²) in [5.41, 5.74) is 7.45. The van der Waals surface area contributed by atoms with Gasteiger partial charge in [0.1, 0.15) is 11.4 Å². The van der Waals surface area contributed by atoms with Crippen molar-refractivity contribution in [2.75, 3.05) is 75.1 Å². The molecule has 0 saturated carbocycles. The second-order valence-electron chi connectivity index (χ2n) is 11.7. The third kappa shape index (κ3) is 7.43. The number of halogens is 2. The van der Waals surface area contributed by atoms with E-state index in [-0.39, 0.29) is 23.3 Å². The van der Waals surface area contributed by atoms with Crippen molar-refractivity contribution in [2.45, 2.75) is 44.4 Å². The second kappa shape index (κ2) is 13.9. The van der Waals surface area contributed by atoms with Gasteiger partial charge in [-0.25, -0.2) is 9.97 Å². The predicted octanol–water partition coefficient (Wildman–Crippen LogP) is 3.12. The van der Waals surface area contributed by atoms with Crippen LogP contribution in [-0.4, -0.2) is 114 Å². The minimum absolute atomic E-state index is 0.0373. The number of anilines is 4.